The van der Waals surface area contributed by atoms with Gasteiger partial charge in [0.25, 0.3) is 0 Å². The molecule has 88 valence electrons. The van der Waals surface area contributed by atoms with E-state index in [9.17, 15) is 4.79 Å². The molecule has 0 unspecified atom stereocenters. The summed E-state index contributed by atoms with van der Waals surface area (Å²) in [5.74, 6) is 1.38. The minimum atomic E-state index is -0.183. The molecule has 1 nitrogen and oxygen atoms in total. The molecule has 0 saturated carbocycles. The molecule has 0 aromatic heterocycles. The van der Waals surface area contributed by atoms with E-state index in [0.717, 1.165) is 12.2 Å². The van der Waals surface area contributed by atoms with Crippen LogP contribution in [0.4, 0.5) is 0 Å². The van der Waals surface area contributed by atoms with Gasteiger partial charge in [-0.3, -0.25) is 4.79 Å². The summed E-state index contributed by atoms with van der Waals surface area (Å²) in [6.45, 7) is 5.96. The monoisotopic (exact) mass is 236 g/mol. The Morgan fingerprint density at radius 3 is 2.38 bits per heavy atom. The molecule has 0 aliphatic carbocycles. The fourth-order valence-corrected chi connectivity index (χ4v) is 2.19. The second-order valence-corrected chi connectivity index (χ2v) is 6.11. The van der Waals surface area contributed by atoms with E-state index in [0.29, 0.717) is 12.2 Å². The second kappa shape index (κ2) is 6.09. The molecule has 2 heteroatoms. The molecule has 1 rings (SSSR count). The molecule has 0 fully saturated rings. The number of carbonyl (C=O) groups is 1. The lowest BCUT2D eigenvalue weighted by Crippen LogP contribution is -2.19. The van der Waals surface area contributed by atoms with Crippen molar-refractivity contribution in [1.29, 1.82) is 0 Å². The highest BCUT2D eigenvalue weighted by atomic mass is 32.2. The maximum Gasteiger partial charge on any atom is 0.138 e. The van der Waals surface area contributed by atoms with Crippen LogP contribution in [0.3, 0.4) is 0 Å². The molecule has 0 radical (unpaired) electrons. The standard InChI is InChI=1S/C14H20OS/c1-14(2,3)13(15)10-7-11-16-12-8-5-4-6-9-12/h4-6,8-9H,7,10-11H2,1-3H3. The van der Waals surface area contributed by atoms with Crippen molar-refractivity contribution in [2.45, 2.75) is 38.5 Å². The van der Waals surface area contributed by atoms with E-state index in [1.165, 1.54) is 4.90 Å². The number of thioether (sulfide) groups is 1. The predicted molar refractivity (Wildman–Crippen MR) is 70.9 cm³/mol. The zero-order valence-corrected chi connectivity index (χ0v) is 11.1. The fraction of sp³-hybridized carbons (Fsp3) is 0.500. The van der Waals surface area contributed by atoms with Crippen molar-refractivity contribution in [1.82, 2.24) is 0 Å². The first kappa shape index (κ1) is 13.3. The topological polar surface area (TPSA) is 17.1 Å². The molecule has 16 heavy (non-hydrogen) atoms. The first-order valence-electron chi connectivity index (χ1n) is 5.71. The largest absolute Gasteiger partial charge is 0.299 e. The molecule has 0 atom stereocenters. The van der Waals surface area contributed by atoms with Gasteiger partial charge >= 0.3 is 0 Å². The van der Waals surface area contributed by atoms with Gasteiger partial charge in [0.1, 0.15) is 5.78 Å². The quantitative estimate of drug-likeness (QED) is 0.563. The molecular weight excluding hydrogens is 216 g/mol. The Kier molecular flexibility index (Phi) is 5.07. The maximum atomic E-state index is 11.7. The average Bonchev–Trinajstić information content (AvgIpc) is 2.24. The Balaban J connectivity index is 2.20. The predicted octanol–water partition coefficient (Wildman–Crippen LogP) is 4.17. The van der Waals surface area contributed by atoms with Crippen molar-refractivity contribution in [2.75, 3.05) is 5.75 Å². The van der Waals surface area contributed by atoms with Crippen molar-refractivity contribution >= 4 is 17.5 Å². The first-order valence-corrected chi connectivity index (χ1v) is 6.70. The van der Waals surface area contributed by atoms with E-state index in [2.05, 4.69) is 12.1 Å². The number of benzene rings is 1. The van der Waals surface area contributed by atoms with E-state index in [1.807, 2.05) is 50.7 Å². The summed E-state index contributed by atoms with van der Waals surface area (Å²) in [5, 5.41) is 0. The van der Waals surface area contributed by atoms with Crippen LogP contribution in [0.2, 0.25) is 0 Å². The molecule has 1 aromatic carbocycles. The van der Waals surface area contributed by atoms with Gasteiger partial charge in [-0.15, -0.1) is 11.8 Å². The number of Topliss-reactive ketones (excluding diaryl/α,β-unsaturated/α-hetero) is 1. The number of rotatable bonds is 5. The van der Waals surface area contributed by atoms with Gasteiger partial charge in [0.15, 0.2) is 0 Å². The van der Waals surface area contributed by atoms with Crippen LogP contribution in [0.5, 0.6) is 0 Å². The smallest absolute Gasteiger partial charge is 0.138 e. The van der Waals surface area contributed by atoms with Gasteiger partial charge in [-0.05, 0) is 24.3 Å². The van der Waals surface area contributed by atoms with Gasteiger partial charge in [-0.1, -0.05) is 39.0 Å². The molecule has 0 N–H and O–H groups in total. The highest BCUT2D eigenvalue weighted by Crippen LogP contribution is 2.21. The summed E-state index contributed by atoms with van der Waals surface area (Å²) >= 11 is 1.82. The molecule has 0 heterocycles. The van der Waals surface area contributed by atoms with Gasteiger partial charge < -0.3 is 0 Å². The van der Waals surface area contributed by atoms with E-state index >= 15 is 0 Å². The minimum absolute atomic E-state index is 0.183. The third-order valence-electron chi connectivity index (χ3n) is 2.40. The van der Waals surface area contributed by atoms with Gasteiger partial charge in [-0.25, -0.2) is 0 Å². The number of ketones is 1. The van der Waals surface area contributed by atoms with Crippen LogP contribution in [0.25, 0.3) is 0 Å². The summed E-state index contributed by atoms with van der Waals surface area (Å²) < 4.78 is 0. The molecule has 0 aliphatic rings. The van der Waals surface area contributed by atoms with Gasteiger partial charge in [0.2, 0.25) is 0 Å². The summed E-state index contributed by atoms with van der Waals surface area (Å²) in [6.07, 6.45) is 1.67. The fourth-order valence-electron chi connectivity index (χ4n) is 1.31. The Bertz CT molecular complexity index is 324. The molecule has 0 aliphatic heterocycles. The normalized spacial score (nSPS) is 11.4. The van der Waals surface area contributed by atoms with Crippen molar-refractivity contribution in [3.63, 3.8) is 0 Å². The Hall–Kier alpha value is -0.760. The van der Waals surface area contributed by atoms with Crippen LogP contribution in [0.1, 0.15) is 33.6 Å². The van der Waals surface area contributed by atoms with E-state index in [1.54, 1.807) is 0 Å². The van der Waals surface area contributed by atoms with E-state index < -0.39 is 0 Å². The third-order valence-corrected chi connectivity index (χ3v) is 3.49. The summed E-state index contributed by atoms with van der Waals surface area (Å²) in [5.41, 5.74) is -0.183. The first-order chi connectivity index (χ1) is 7.50. The zero-order chi connectivity index (χ0) is 12.0. The van der Waals surface area contributed by atoms with Gasteiger partial charge in [0, 0.05) is 16.7 Å². The molecule has 0 spiro atoms. The summed E-state index contributed by atoms with van der Waals surface area (Å²) in [7, 11) is 0. The van der Waals surface area contributed by atoms with Crippen molar-refractivity contribution in [3.8, 4) is 0 Å². The lowest BCUT2D eigenvalue weighted by molar-refractivity contribution is -0.126. The van der Waals surface area contributed by atoms with Crippen molar-refractivity contribution in [2.24, 2.45) is 5.41 Å². The Morgan fingerprint density at radius 1 is 1.19 bits per heavy atom. The van der Waals surface area contributed by atoms with Crippen LogP contribution in [-0.2, 0) is 4.79 Å². The SMILES string of the molecule is CC(C)(C)C(=O)CCCSc1ccccc1. The maximum absolute atomic E-state index is 11.7. The Morgan fingerprint density at radius 2 is 1.81 bits per heavy atom. The van der Waals surface area contributed by atoms with Gasteiger partial charge in [0.05, 0.1) is 0 Å². The van der Waals surface area contributed by atoms with Crippen molar-refractivity contribution < 1.29 is 4.79 Å². The number of hydrogen-bond donors (Lipinski definition) is 0. The summed E-state index contributed by atoms with van der Waals surface area (Å²) in [4.78, 5) is 12.9. The molecule has 1 aromatic rings. The minimum Gasteiger partial charge on any atom is -0.299 e. The number of carbonyl (C=O) groups excluding carboxylic acids is 1. The average molecular weight is 236 g/mol. The second-order valence-electron chi connectivity index (χ2n) is 4.94. The highest BCUT2D eigenvalue weighted by Gasteiger charge is 2.19. The van der Waals surface area contributed by atoms with E-state index in [4.69, 9.17) is 0 Å². The zero-order valence-electron chi connectivity index (χ0n) is 10.3. The lowest BCUT2D eigenvalue weighted by Gasteiger charge is -2.15. The molecular formula is C14H20OS. The lowest BCUT2D eigenvalue weighted by atomic mass is 9.88. The number of hydrogen-bond acceptors (Lipinski definition) is 2. The highest BCUT2D eigenvalue weighted by molar-refractivity contribution is 7.99. The van der Waals surface area contributed by atoms with E-state index in [-0.39, 0.29) is 5.41 Å². The van der Waals surface area contributed by atoms with Crippen LogP contribution < -0.4 is 0 Å². The summed E-state index contributed by atoms with van der Waals surface area (Å²) in [6, 6.07) is 10.3. The van der Waals surface area contributed by atoms with Crippen LogP contribution in [0.15, 0.2) is 35.2 Å². The van der Waals surface area contributed by atoms with Gasteiger partial charge in [-0.2, -0.15) is 0 Å². The molecule has 0 amide bonds. The van der Waals surface area contributed by atoms with Crippen LogP contribution >= 0.6 is 11.8 Å². The molecule has 0 bridgehead atoms. The van der Waals surface area contributed by atoms with Crippen LogP contribution in [0, 0.1) is 5.41 Å². The third kappa shape index (κ3) is 4.84. The van der Waals surface area contributed by atoms with Crippen molar-refractivity contribution in [3.05, 3.63) is 30.3 Å². The Labute approximate surface area is 103 Å². The molecule has 0 saturated heterocycles. The van der Waals surface area contributed by atoms with Crippen LogP contribution in [-0.4, -0.2) is 11.5 Å².